The zero-order valence-corrected chi connectivity index (χ0v) is 14.2. The lowest BCUT2D eigenvalue weighted by molar-refractivity contribution is -0.125. The average molecular weight is 334 g/mol. The molecule has 2 heterocycles. The van der Waals surface area contributed by atoms with Gasteiger partial charge in [-0.15, -0.1) is 11.3 Å². The van der Waals surface area contributed by atoms with Crippen molar-refractivity contribution in [1.82, 2.24) is 9.88 Å². The van der Waals surface area contributed by atoms with E-state index in [2.05, 4.69) is 23.2 Å². The van der Waals surface area contributed by atoms with Gasteiger partial charge >= 0.3 is 0 Å². The van der Waals surface area contributed by atoms with Crippen molar-refractivity contribution in [3.8, 4) is 10.4 Å². The second-order valence-electron chi connectivity index (χ2n) is 5.42. The van der Waals surface area contributed by atoms with Crippen molar-refractivity contribution in [3.05, 3.63) is 83.5 Å². The predicted molar refractivity (Wildman–Crippen MR) is 99.5 cm³/mol. The highest BCUT2D eigenvalue weighted by Crippen LogP contribution is 2.28. The van der Waals surface area contributed by atoms with Crippen LogP contribution in [0.4, 0.5) is 0 Å². The minimum atomic E-state index is -0.0321. The van der Waals surface area contributed by atoms with E-state index in [-0.39, 0.29) is 5.91 Å². The van der Waals surface area contributed by atoms with Gasteiger partial charge in [0.2, 0.25) is 5.91 Å². The van der Waals surface area contributed by atoms with Crippen LogP contribution in [0.2, 0.25) is 0 Å². The number of thiophene rings is 1. The van der Waals surface area contributed by atoms with Gasteiger partial charge in [-0.3, -0.25) is 9.78 Å². The van der Waals surface area contributed by atoms with Crippen LogP contribution in [-0.2, 0) is 11.3 Å². The molecule has 0 aliphatic heterocycles. The first-order valence-electron chi connectivity index (χ1n) is 7.71. The summed E-state index contributed by atoms with van der Waals surface area (Å²) < 4.78 is 0. The second-order valence-corrected chi connectivity index (χ2v) is 6.53. The van der Waals surface area contributed by atoms with Gasteiger partial charge in [0, 0.05) is 29.1 Å². The summed E-state index contributed by atoms with van der Waals surface area (Å²) >= 11 is 1.67. The summed E-state index contributed by atoms with van der Waals surface area (Å²) in [6, 6.07) is 20.1. The van der Waals surface area contributed by atoms with Crippen molar-refractivity contribution in [3.63, 3.8) is 0 Å². The molecule has 0 radical (unpaired) electrons. The first kappa shape index (κ1) is 16.1. The Labute approximate surface area is 145 Å². The fourth-order valence-electron chi connectivity index (χ4n) is 2.29. The SMILES string of the molecule is CN(Cc1ccccn1)C(=O)/C=C/c1ccc(-c2ccccc2)s1. The van der Waals surface area contributed by atoms with Crippen molar-refractivity contribution < 1.29 is 4.79 Å². The van der Waals surface area contributed by atoms with Gasteiger partial charge in [-0.05, 0) is 35.9 Å². The van der Waals surface area contributed by atoms with Crippen LogP contribution < -0.4 is 0 Å². The molecule has 0 saturated carbocycles. The van der Waals surface area contributed by atoms with Crippen molar-refractivity contribution in [2.24, 2.45) is 0 Å². The maximum absolute atomic E-state index is 12.2. The minimum Gasteiger partial charge on any atom is -0.336 e. The van der Waals surface area contributed by atoms with Crippen LogP contribution in [0.3, 0.4) is 0 Å². The number of pyridine rings is 1. The standard InChI is InChI=1S/C20H18N2OS/c1-22(15-17-9-5-6-14-21-17)20(23)13-11-18-10-12-19(24-18)16-7-3-2-4-8-16/h2-14H,15H2,1H3/b13-11+. The van der Waals surface area contributed by atoms with Crippen LogP contribution in [0, 0.1) is 0 Å². The van der Waals surface area contributed by atoms with Gasteiger partial charge in [0.1, 0.15) is 0 Å². The fourth-order valence-corrected chi connectivity index (χ4v) is 3.21. The Bertz CT molecular complexity index is 825. The van der Waals surface area contributed by atoms with Crippen molar-refractivity contribution in [2.45, 2.75) is 6.54 Å². The van der Waals surface area contributed by atoms with E-state index >= 15 is 0 Å². The van der Waals surface area contributed by atoms with Crippen LogP contribution in [-0.4, -0.2) is 22.8 Å². The lowest BCUT2D eigenvalue weighted by atomic mass is 10.2. The van der Waals surface area contributed by atoms with E-state index in [4.69, 9.17) is 0 Å². The van der Waals surface area contributed by atoms with E-state index < -0.39 is 0 Å². The smallest absolute Gasteiger partial charge is 0.246 e. The van der Waals surface area contributed by atoms with Gasteiger partial charge in [0.05, 0.1) is 12.2 Å². The monoisotopic (exact) mass is 334 g/mol. The van der Waals surface area contributed by atoms with Gasteiger partial charge in [-0.2, -0.15) is 0 Å². The summed E-state index contributed by atoms with van der Waals surface area (Å²) in [5.41, 5.74) is 2.07. The highest BCUT2D eigenvalue weighted by molar-refractivity contribution is 7.16. The van der Waals surface area contributed by atoms with Crippen LogP contribution in [0.25, 0.3) is 16.5 Å². The summed E-state index contributed by atoms with van der Waals surface area (Å²) in [7, 11) is 1.78. The molecule has 3 aromatic rings. The highest BCUT2D eigenvalue weighted by Gasteiger charge is 2.07. The van der Waals surface area contributed by atoms with Crippen molar-refractivity contribution >= 4 is 23.3 Å². The topological polar surface area (TPSA) is 33.2 Å². The summed E-state index contributed by atoms with van der Waals surface area (Å²) in [6.07, 6.45) is 5.22. The van der Waals surface area contributed by atoms with E-state index in [1.54, 1.807) is 35.6 Å². The molecular formula is C20H18N2OS. The van der Waals surface area contributed by atoms with Crippen LogP contribution in [0.5, 0.6) is 0 Å². The number of rotatable bonds is 5. The van der Waals surface area contributed by atoms with E-state index in [0.717, 1.165) is 10.6 Å². The first-order chi connectivity index (χ1) is 11.7. The van der Waals surface area contributed by atoms with Crippen LogP contribution in [0.15, 0.2) is 72.9 Å². The van der Waals surface area contributed by atoms with Gasteiger partial charge in [0.15, 0.2) is 0 Å². The first-order valence-corrected chi connectivity index (χ1v) is 8.52. The van der Waals surface area contributed by atoms with Crippen LogP contribution >= 0.6 is 11.3 Å². The predicted octanol–water partition coefficient (Wildman–Crippen LogP) is 4.48. The number of carbonyl (C=O) groups excluding carboxylic acids is 1. The Hall–Kier alpha value is -2.72. The molecule has 120 valence electrons. The molecule has 1 aromatic carbocycles. The largest absolute Gasteiger partial charge is 0.336 e. The molecule has 0 saturated heterocycles. The summed E-state index contributed by atoms with van der Waals surface area (Å²) in [4.78, 5) is 20.4. The Kier molecular flexibility index (Phi) is 5.18. The van der Waals surface area contributed by atoms with E-state index in [1.165, 1.54) is 10.4 Å². The molecule has 1 amide bonds. The van der Waals surface area contributed by atoms with Crippen molar-refractivity contribution in [1.29, 1.82) is 0 Å². The normalized spacial score (nSPS) is 10.9. The summed E-state index contributed by atoms with van der Waals surface area (Å²) in [5.74, 6) is -0.0321. The molecule has 3 nitrogen and oxygen atoms in total. The zero-order chi connectivity index (χ0) is 16.8. The molecule has 0 atom stereocenters. The number of nitrogens with zero attached hydrogens (tertiary/aromatic N) is 2. The molecule has 0 aliphatic rings. The number of hydrogen-bond acceptors (Lipinski definition) is 3. The third-order valence-corrected chi connectivity index (χ3v) is 4.68. The molecule has 0 fully saturated rings. The summed E-state index contributed by atoms with van der Waals surface area (Å²) in [5, 5.41) is 0. The number of hydrogen-bond donors (Lipinski definition) is 0. The van der Waals surface area contributed by atoms with E-state index in [9.17, 15) is 4.79 Å². The Balaban J connectivity index is 1.63. The molecule has 4 heteroatoms. The number of likely N-dealkylation sites (N-methyl/N-ethyl adjacent to an activating group) is 1. The number of amides is 1. The summed E-state index contributed by atoms with van der Waals surface area (Å²) in [6.45, 7) is 0.504. The Morgan fingerprint density at radius 2 is 1.88 bits per heavy atom. The Morgan fingerprint density at radius 3 is 2.62 bits per heavy atom. The van der Waals surface area contributed by atoms with Gasteiger partial charge < -0.3 is 4.90 Å². The molecule has 0 unspecified atom stereocenters. The lowest BCUT2D eigenvalue weighted by Crippen LogP contribution is -2.24. The van der Waals surface area contributed by atoms with Crippen LogP contribution in [0.1, 0.15) is 10.6 Å². The van der Waals surface area contributed by atoms with Crippen molar-refractivity contribution in [2.75, 3.05) is 7.05 Å². The molecular weight excluding hydrogens is 316 g/mol. The zero-order valence-electron chi connectivity index (χ0n) is 13.4. The van der Waals surface area contributed by atoms with Gasteiger partial charge in [-0.1, -0.05) is 36.4 Å². The quantitative estimate of drug-likeness (QED) is 0.645. The lowest BCUT2D eigenvalue weighted by Gasteiger charge is -2.14. The number of benzene rings is 1. The molecule has 2 aromatic heterocycles. The molecule has 0 aliphatic carbocycles. The number of carbonyl (C=O) groups is 1. The molecule has 0 spiro atoms. The maximum Gasteiger partial charge on any atom is 0.246 e. The molecule has 0 N–H and O–H groups in total. The average Bonchev–Trinajstić information content (AvgIpc) is 3.10. The highest BCUT2D eigenvalue weighted by atomic mass is 32.1. The third-order valence-electron chi connectivity index (χ3n) is 3.58. The molecule has 0 bridgehead atoms. The Morgan fingerprint density at radius 1 is 1.08 bits per heavy atom. The number of aromatic nitrogens is 1. The third kappa shape index (κ3) is 4.18. The van der Waals surface area contributed by atoms with E-state index in [0.29, 0.717) is 6.54 Å². The van der Waals surface area contributed by atoms with E-state index in [1.807, 2.05) is 48.5 Å². The van der Waals surface area contributed by atoms with Gasteiger partial charge in [-0.25, -0.2) is 0 Å². The molecule has 24 heavy (non-hydrogen) atoms. The molecule has 3 rings (SSSR count). The second kappa shape index (κ2) is 7.70. The fraction of sp³-hybridized carbons (Fsp3) is 0.100. The minimum absolute atomic E-state index is 0.0321. The van der Waals surface area contributed by atoms with Gasteiger partial charge in [0.25, 0.3) is 0 Å². The maximum atomic E-state index is 12.2.